The van der Waals surface area contributed by atoms with Gasteiger partial charge in [0.05, 0.1) is 12.2 Å². The standard InChI is InChI=1S/C10H16N4O/c1-2-6-12-10(15)13-7-8-4-3-5-9(11)14-8/h3-5H,2,6-7H2,1H3,(H2,11,14)(H2,12,13,15). The fourth-order valence-corrected chi connectivity index (χ4v) is 1.07. The molecule has 0 fully saturated rings. The van der Waals surface area contributed by atoms with Crippen LogP contribution in [0.3, 0.4) is 0 Å². The topological polar surface area (TPSA) is 80.0 Å². The van der Waals surface area contributed by atoms with Gasteiger partial charge in [-0.25, -0.2) is 9.78 Å². The number of aromatic nitrogens is 1. The Morgan fingerprint density at radius 1 is 1.47 bits per heavy atom. The molecular formula is C10H16N4O. The Hall–Kier alpha value is -1.78. The highest BCUT2D eigenvalue weighted by Crippen LogP contribution is 1.99. The van der Waals surface area contributed by atoms with Crippen molar-refractivity contribution >= 4 is 11.8 Å². The molecule has 0 aliphatic heterocycles. The van der Waals surface area contributed by atoms with E-state index in [4.69, 9.17) is 5.73 Å². The lowest BCUT2D eigenvalue weighted by Crippen LogP contribution is -2.35. The molecule has 5 heteroatoms. The Morgan fingerprint density at radius 2 is 2.27 bits per heavy atom. The van der Waals surface area contributed by atoms with Crippen LogP contribution in [0, 0.1) is 0 Å². The van der Waals surface area contributed by atoms with E-state index in [0.717, 1.165) is 12.1 Å². The van der Waals surface area contributed by atoms with Crippen molar-refractivity contribution in [1.82, 2.24) is 15.6 Å². The number of rotatable bonds is 4. The van der Waals surface area contributed by atoms with E-state index in [2.05, 4.69) is 15.6 Å². The third kappa shape index (κ3) is 4.30. The lowest BCUT2D eigenvalue weighted by molar-refractivity contribution is 0.240. The average molecular weight is 208 g/mol. The van der Waals surface area contributed by atoms with Crippen LogP contribution in [-0.2, 0) is 6.54 Å². The molecule has 0 saturated heterocycles. The van der Waals surface area contributed by atoms with Gasteiger partial charge in [-0.3, -0.25) is 0 Å². The van der Waals surface area contributed by atoms with E-state index in [0.29, 0.717) is 18.9 Å². The maximum atomic E-state index is 11.2. The third-order valence-electron chi connectivity index (χ3n) is 1.79. The number of carbonyl (C=O) groups excluding carboxylic acids is 1. The van der Waals surface area contributed by atoms with Gasteiger partial charge in [0.15, 0.2) is 0 Å². The minimum atomic E-state index is -0.180. The van der Waals surface area contributed by atoms with Crippen molar-refractivity contribution in [3.05, 3.63) is 23.9 Å². The number of amides is 2. The maximum Gasteiger partial charge on any atom is 0.315 e. The summed E-state index contributed by atoms with van der Waals surface area (Å²) in [6.45, 7) is 3.07. The number of anilines is 1. The van der Waals surface area contributed by atoms with Gasteiger partial charge in [0.1, 0.15) is 5.82 Å². The molecule has 4 N–H and O–H groups in total. The van der Waals surface area contributed by atoms with Gasteiger partial charge in [0.25, 0.3) is 0 Å². The Kier molecular flexibility index (Phi) is 4.40. The predicted molar refractivity (Wildman–Crippen MR) is 59.2 cm³/mol. The fourth-order valence-electron chi connectivity index (χ4n) is 1.07. The SMILES string of the molecule is CCCNC(=O)NCc1cccc(N)n1. The van der Waals surface area contributed by atoms with E-state index >= 15 is 0 Å². The molecule has 5 nitrogen and oxygen atoms in total. The molecule has 1 aromatic heterocycles. The summed E-state index contributed by atoms with van der Waals surface area (Å²) in [4.78, 5) is 15.2. The zero-order chi connectivity index (χ0) is 11.1. The van der Waals surface area contributed by atoms with Crippen LogP contribution in [0.5, 0.6) is 0 Å². The van der Waals surface area contributed by atoms with Gasteiger partial charge < -0.3 is 16.4 Å². The molecule has 0 atom stereocenters. The van der Waals surface area contributed by atoms with Crippen molar-refractivity contribution in [2.24, 2.45) is 0 Å². The van der Waals surface area contributed by atoms with Crippen molar-refractivity contribution in [2.45, 2.75) is 19.9 Å². The second-order valence-electron chi connectivity index (χ2n) is 3.16. The molecule has 0 unspecified atom stereocenters. The van der Waals surface area contributed by atoms with Crippen molar-refractivity contribution in [2.75, 3.05) is 12.3 Å². The van der Waals surface area contributed by atoms with Crippen LogP contribution in [0.2, 0.25) is 0 Å². The first-order chi connectivity index (χ1) is 7.22. The monoisotopic (exact) mass is 208 g/mol. The number of nitrogen functional groups attached to an aromatic ring is 1. The van der Waals surface area contributed by atoms with Crippen molar-refractivity contribution < 1.29 is 4.79 Å². The molecule has 1 rings (SSSR count). The maximum absolute atomic E-state index is 11.2. The van der Waals surface area contributed by atoms with Gasteiger partial charge in [-0.2, -0.15) is 0 Å². The average Bonchev–Trinajstić information content (AvgIpc) is 2.23. The highest BCUT2D eigenvalue weighted by Gasteiger charge is 1.99. The van der Waals surface area contributed by atoms with E-state index in [1.807, 2.05) is 19.1 Å². The Balaban J connectivity index is 2.33. The van der Waals surface area contributed by atoms with Crippen LogP contribution in [0.4, 0.5) is 10.6 Å². The normalized spacial score (nSPS) is 9.67. The second kappa shape index (κ2) is 5.85. The van der Waals surface area contributed by atoms with Crippen LogP contribution >= 0.6 is 0 Å². The molecule has 1 aromatic rings. The van der Waals surface area contributed by atoms with Crippen molar-refractivity contribution in [1.29, 1.82) is 0 Å². The van der Waals surface area contributed by atoms with Crippen LogP contribution in [-0.4, -0.2) is 17.6 Å². The molecule has 82 valence electrons. The number of nitrogens with two attached hydrogens (primary N) is 1. The van der Waals surface area contributed by atoms with Crippen LogP contribution in [0.25, 0.3) is 0 Å². The van der Waals surface area contributed by atoms with Crippen LogP contribution < -0.4 is 16.4 Å². The number of carbonyl (C=O) groups is 1. The van der Waals surface area contributed by atoms with Crippen molar-refractivity contribution in [3.63, 3.8) is 0 Å². The lowest BCUT2D eigenvalue weighted by Gasteiger charge is -2.06. The van der Waals surface area contributed by atoms with E-state index in [1.54, 1.807) is 6.07 Å². The molecule has 0 spiro atoms. The molecule has 15 heavy (non-hydrogen) atoms. The van der Waals surface area contributed by atoms with Gasteiger partial charge in [0.2, 0.25) is 0 Å². The summed E-state index contributed by atoms with van der Waals surface area (Å²) in [5.74, 6) is 0.461. The van der Waals surface area contributed by atoms with Gasteiger partial charge >= 0.3 is 6.03 Å². The molecule has 0 aliphatic carbocycles. The zero-order valence-corrected chi connectivity index (χ0v) is 8.79. The van der Waals surface area contributed by atoms with Crippen LogP contribution in [0.15, 0.2) is 18.2 Å². The predicted octanol–water partition coefficient (Wildman–Crippen LogP) is 0.873. The first-order valence-corrected chi connectivity index (χ1v) is 4.95. The largest absolute Gasteiger partial charge is 0.384 e. The highest BCUT2D eigenvalue weighted by molar-refractivity contribution is 5.73. The first-order valence-electron chi connectivity index (χ1n) is 4.95. The molecule has 0 radical (unpaired) electrons. The molecule has 0 saturated carbocycles. The number of urea groups is 1. The van der Waals surface area contributed by atoms with Gasteiger partial charge in [-0.05, 0) is 18.6 Å². The lowest BCUT2D eigenvalue weighted by atomic mass is 10.3. The van der Waals surface area contributed by atoms with E-state index < -0.39 is 0 Å². The Labute approximate surface area is 89.1 Å². The smallest absolute Gasteiger partial charge is 0.315 e. The Bertz CT molecular complexity index is 327. The summed E-state index contributed by atoms with van der Waals surface area (Å²) in [7, 11) is 0. The minimum Gasteiger partial charge on any atom is -0.384 e. The molecule has 1 heterocycles. The molecular weight excluding hydrogens is 192 g/mol. The highest BCUT2D eigenvalue weighted by atomic mass is 16.2. The summed E-state index contributed by atoms with van der Waals surface area (Å²) < 4.78 is 0. The van der Waals surface area contributed by atoms with E-state index in [1.165, 1.54) is 0 Å². The molecule has 2 amide bonds. The second-order valence-corrected chi connectivity index (χ2v) is 3.16. The summed E-state index contributed by atoms with van der Waals surface area (Å²) in [6.07, 6.45) is 0.921. The number of pyridine rings is 1. The molecule has 0 aliphatic rings. The summed E-state index contributed by atoms with van der Waals surface area (Å²) >= 11 is 0. The number of nitrogens with one attached hydrogen (secondary N) is 2. The van der Waals surface area contributed by atoms with Gasteiger partial charge in [-0.15, -0.1) is 0 Å². The van der Waals surface area contributed by atoms with Crippen molar-refractivity contribution in [3.8, 4) is 0 Å². The summed E-state index contributed by atoms with van der Waals surface area (Å²) in [6, 6.07) is 5.15. The molecule has 0 bridgehead atoms. The van der Waals surface area contributed by atoms with Gasteiger partial charge in [0, 0.05) is 6.54 Å². The first kappa shape index (κ1) is 11.3. The quantitative estimate of drug-likeness (QED) is 0.687. The number of hydrogen-bond acceptors (Lipinski definition) is 3. The van der Waals surface area contributed by atoms with E-state index in [9.17, 15) is 4.79 Å². The third-order valence-corrected chi connectivity index (χ3v) is 1.79. The minimum absolute atomic E-state index is 0.180. The number of hydrogen-bond donors (Lipinski definition) is 3. The molecule has 0 aromatic carbocycles. The zero-order valence-electron chi connectivity index (χ0n) is 8.79. The number of nitrogens with zero attached hydrogens (tertiary/aromatic N) is 1. The van der Waals surface area contributed by atoms with Gasteiger partial charge in [-0.1, -0.05) is 13.0 Å². The Morgan fingerprint density at radius 3 is 2.93 bits per heavy atom. The van der Waals surface area contributed by atoms with E-state index in [-0.39, 0.29) is 6.03 Å². The fraction of sp³-hybridized carbons (Fsp3) is 0.400. The summed E-state index contributed by atoms with van der Waals surface area (Å²) in [5, 5.41) is 5.40. The summed E-state index contributed by atoms with van der Waals surface area (Å²) in [5.41, 5.74) is 6.26. The van der Waals surface area contributed by atoms with Crippen LogP contribution in [0.1, 0.15) is 19.0 Å².